The van der Waals surface area contributed by atoms with E-state index in [1.807, 2.05) is 0 Å². The fourth-order valence-electron chi connectivity index (χ4n) is 3.32. The number of carbonyl (C=O) groups excluding carboxylic acids is 1. The van der Waals surface area contributed by atoms with Crippen molar-refractivity contribution in [2.24, 2.45) is 11.8 Å². The maximum absolute atomic E-state index is 13.5. The van der Waals surface area contributed by atoms with Gasteiger partial charge in [-0.05, 0) is 30.9 Å². The van der Waals surface area contributed by atoms with Crippen LogP contribution in [0.3, 0.4) is 0 Å². The van der Waals surface area contributed by atoms with E-state index in [4.69, 9.17) is 4.74 Å². The summed E-state index contributed by atoms with van der Waals surface area (Å²) in [6.45, 7) is -0.104. The van der Waals surface area contributed by atoms with E-state index in [1.54, 1.807) is 0 Å². The monoisotopic (exact) mass is 416 g/mol. The van der Waals surface area contributed by atoms with Crippen molar-refractivity contribution in [1.29, 1.82) is 0 Å². The number of aromatic nitrogens is 3. The number of rotatable bonds is 6. The topological polar surface area (TPSA) is 59.7 Å². The Morgan fingerprint density at radius 3 is 2.69 bits per heavy atom. The lowest BCUT2D eigenvalue weighted by atomic mass is 10.1. The van der Waals surface area contributed by atoms with Crippen LogP contribution in [-0.2, 0) is 17.5 Å². The van der Waals surface area contributed by atoms with E-state index in [9.17, 15) is 26.7 Å². The molecule has 0 radical (unpaired) electrons. The number of likely N-dealkylation sites (tertiary alicyclic amines) is 1. The minimum Gasteiger partial charge on any atom is -0.476 e. The highest BCUT2D eigenvalue weighted by atomic mass is 19.4. The van der Waals surface area contributed by atoms with Gasteiger partial charge in [-0.2, -0.15) is 22.0 Å². The van der Waals surface area contributed by atoms with Gasteiger partial charge in [0, 0.05) is 24.9 Å². The molecule has 1 saturated heterocycles. The Morgan fingerprint density at radius 2 is 2.03 bits per heavy atom. The van der Waals surface area contributed by atoms with Crippen molar-refractivity contribution >= 4 is 11.6 Å². The summed E-state index contributed by atoms with van der Waals surface area (Å²) in [7, 11) is 0. The second-order valence-electron chi connectivity index (χ2n) is 7.30. The Bertz CT molecular complexity index is 963. The highest BCUT2D eigenvalue weighted by molar-refractivity contribution is 5.79. The van der Waals surface area contributed by atoms with Crippen LogP contribution in [0.1, 0.15) is 30.7 Å². The second kappa shape index (κ2) is 7.27. The van der Waals surface area contributed by atoms with Crippen molar-refractivity contribution < 1.29 is 31.5 Å². The Kier molecular flexibility index (Phi) is 4.91. The van der Waals surface area contributed by atoms with Gasteiger partial charge in [0.2, 0.25) is 11.8 Å². The number of amides is 1. The summed E-state index contributed by atoms with van der Waals surface area (Å²) in [6, 6.07) is 2.81. The summed E-state index contributed by atoms with van der Waals surface area (Å²) in [5.74, 6) is -0.656. The van der Waals surface area contributed by atoms with E-state index < -0.39 is 36.3 Å². The van der Waals surface area contributed by atoms with Gasteiger partial charge in [0.1, 0.15) is 0 Å². The quantitative estimate of drug-likeness (QED) is 0.675. The van der Waals surface area contributed by atoms with Crippen LogP contribution in [0.5, 0.6) is 5.88 Å². The molecule has 2 aromatic heterocycles. The third-order valence-electron chi connectivity index (χ3n) is 4.92. The molecule has 156 valence electrons. The minimum atomic E-state index is -4.76. The number of imidazole rings is 1. The van der Waals surface area contributed by atoms with Crippen molar-refractivity contribution in [1.82, 2.24) is 19.5 Å². The summed E-state index contributed by atoms with van der Waals surface area (Å²) < 4.78 is 72.0. The number of halogens is 5. The lowest BCUT2D eigenvalue weighted by molar-refractivity contribution is -0.142. The number of nitrogens with zero attached hydrogens (tertiary/aromatic N) is 4. The van der Waals surface area contributed by atoms with E-state index in [0.29, 0.717) is 18.6 Å². The molecular weight excluding hydrogens is 399 g/mol. The molecule has 2 fully saturated rings. The van der Waals surface area contributed by atoms with Crippen LogP contribution < -0.4 is 4.74 Å². The molecule has 1 amide bonds. The molecule has 0 aromatic carbocycles. The zero-order valence-corrected chi connectivity index (χ0v) is 15.1. The van der Waals surface area contributed by atoms with Gasteiger partial charge in [0.05, 0.1) is 18.8 Å². The molecule has 4 rings (SSSR count). The van der Waals surface area contributed by atoms with E-state index in [1.165, 1.54) is 12.1 Å². The van der Waals surface area contributed by atoms with Crippen molar-refractivity contribution in [3.63, 3.8) is 0 Å². The Labute approximate surface area is 161 Å². The first-order valence-corrected chi connectivity index (χ1v) is 9.10. The van der Waals surface area contributed by atoms with Gasteiger partial charge in [-0.1, -0.05) is 0 Å². The average Bonchev–Trinajstić information content (AvgIpc) is 3.30. The van der Waals surface area contributed by atoms with E-state index in [2.05, 4.69) is 10.1 Å². The number of hydrogen-bond acceptors (Lipinski definition) is 4. The second-order valence-corrected chi connectivity index (χ2v) is 7.30. The zero-order chi connectivity index (χ0) is 20.8. The molecule has 1 aliphatic carbocycles. The molecule has 6 nitrogen and oxygen atoms in total. The maximum atomic E-state index is 13.5. The van der Waals surface area contributed by atoms with Crippen LogP contribution in [0.4, 0.5) is 22.0 Å². The van der Waals surface area contributed by atoms with Gasteiger partial charge >= 0.3 is 6.18 Å². The minimum absolute atomic E-state index is 0.0380. The molecule has 1 aliphatic heterocycles. The molecule has 0 N–H and O–H groups in total. The van der Waals surface area contributed by atoms with Crippen LogP contribution in [0.2, 0.25) is 0 Å². The van der Waals surface area contributed by atoms with E-state index in [-0.39, 0.29) is 30.2 Å². The lowest BCUT2D eigenvalue weighted by Crippen LogP contribution is -2.27. The number of hydrogen-bond donors (Lipinski definition) is 0. The first kappa shape index (κ1) is 19.6. The fourth-order valence-corrected chi connectivity index (χ4v) is 3.32. The average molecular weight is 416 g/mol. The molecule has 1 unspecified atom stereocenters. The number of ether oxygens (including phenoxy) is 1. The largest absolute Gasteiger partial charge is 0.476 e. The molecule has 11 heteroatoms. The lowest BCUT2D eigenvalue weighted by Gasteiger charge is -2.17. The van der Waals surface area contributed by atoms with Crippen molar-refractivity contribution in [2.75, 3.05) is 13.2 Å². The highest BCUT2D eigenvalue weighted by Gasteiger charge is 2.40. The summed E-state index contributed by atoms with van der Waals surface area (Å²) in [5.41, 5.74) is -1.53. The standard InChI is InChI=1S/C18H17F5N4O2/c19-13(20)5-11-6-16(28)26(7-11)8-12-17(18(21,22)23)24-14-3-4-15(25-27(12)14)29-9-10-1-2-10/h3-5,10-11H,1-2,6-9H2. The van der Waals surface area contributed by atoms with Crippen molar-refractivity contribution in [2.45, 2.75) is 32.0 Å². The SMILES string of the molecule is O=C1CC(C=C(F)F)CN1Cc1c(C(F)(F)F)nc2ccc(OCC3CC3)nn12. The number of fused-ring (bicyclic) bond motifs is 1. The van der Waals surface area contributed by atoms with Gasteiger partial charge in [0.15, 0.2) is 11.3 Å². The Balaban J connectivity index is 1.65. The highest BCUT2D eigenvalue weighted by Crippen LogP contribution is 2.34. The Hall–Kier alpha value is -2.72. The van der Waals surface area contributed by atoms with Crippen LogP contribution in [0.15, 0.2) is 24.3 Å². The van der Waals surface area contributed by atoms with Gasteiger partial charge < -0.3 is 9.64 Å². The molecule has 3 heterocycles. The Morgan fingerprint density at radius 1 is 1.28 bits per heavy atom. The summed E-state index contributed by atoms with van der Waals surface area (Å²) in [4.78, 5) is 16.9. The number of alkyl halides is 3. The van der Waals surface area contributed by atoms with Gasteiger partial charge in [0.25, 0.3) is 6.08 Å². The summed E-state index contributed by atoms with van der Waals surface area (Å²) in [5, 5.41) is 4.11. The predicted octanol–water partition coefficient (Wildman–Crippen LogP) is 3.67. The normalized spacial score (nSPS) is 19.8. The van der Waals surface area contributed by atoms with Crippen LogP contribution in [0, 0.1) is 11.8 Å². The third-order valence-corrected chi connectivity index (χ3v) is 4.92. The van der Waals surface area contributed by atoms with Crippen molar-refractivity contribution in [3.8, 4) is 5.88 Å². The van der Waals surface area contributed by atoms with Gasteiger partial charge in [-0.3, -0.25) is 4.79 Å². The summed E-state index contributed by atoms with van der Waals surface area (Å²) in [6.07, 6.45) is -4.12. The van der Waals surface area contributed by atoms with Crippen molar-refractivity contribution in [3.05, 3.63) is 35.7 Å². The van der Waals surface area contributed by atoms with Gasteiger partial charge in [-0.15, -0.1) is 5.10 Å². The van der Waals surface area contributed by atoms with Crippen LogP contribution >= 0.6 is 0 Å². The maximum Gasteiger partial charge on any atom is 0.435 e. The van der Waals surface area contributed by atoms with Crippen LogP contribution in [-0.4, -0.2) is 38.6 Å². The summed E-state index contributed by atoms with van der Waals surface area (Å²) >= 11 is 0. The van der Waals surface area contributed by atoms with E-state index >= 15 is 0 Å². The van der Waals surface area contributed by atoms with E-state index in [0.717, 1.165) is 22.3 Å². The molecule has 29 heavy (non-hydrogen) atoms. The molecule has 1 saturated carbocycles. The first-order chi connectivity index (χ1) is 13.7. The molecule has 0 spiro atoms. The molecular formula is C18H17F5N4O2. The van der Waals surface area contributed by atoms with Gasteiger partial charge in [-0.25, -0.2) is 9.50 Å². The predicted molar refractivity (Wildman–Crippen MR) is 90.0 cm³/mol. The molecule has 2 aromatic rings. The first-order valence-electron chi connectivity index (χ1n) is 9.10. The third kappa shape index (κ3) is 4.33. The van der Waals surface area contributed by atoms with Crippen LogP contribution in [0.25, 0.3) is 5.65 Å². The molecule has 2 aliphatic rings. The number of carbonyl (C=O) groups is 1. The zero-order valence-electron chi connectivity index (χ0n) is 15.1. The smallest absolute Gasteiger partial charge is 0.435 e. The fraction of sp³-hybridized carbons (Fsp3) is 0.500. The molecule has 0 bridgehead atoms. The molecule has 1 atom stereocenters.